The van der Waals surface area contributed by atoms with Crippen molar-refractivity contribution in [2.45, 2.75) is 13.8 Å². The van der Waals surface area contributed by atoms with Crippen molar-refractivity contribution in [1.29, 1.82) is 5.41 Å². The van der Waals surface area contributed by atoms with Crippen LogP contribution in [0.5, 0.6) is 17.2 Å². The number of halogens is 1. The van der Waals surface area contributed by atoms with Gasteiger partial charge < -0.3 is 15.2 Å². The molecule has 0 aliphatic carbocycles. The number of hydrogen-bond acceptors (Lipinski definition) is 4. The lowest BCUT2D eigenvalue weighted by Crippen LogP contribution is -2.15. The van der Waals surface area contributed by atoms with Crippen molar-refractivity contribution in [3.05, 3.63) is 45.7 Å². The Morgan fingerprint density at radius 3 is 2.52 bits per heavy atom. The third kappa shape index (κ3) is 3.33. The van der Waals surface area contributed by atoms with Gasteiger partial charge in [-0.15, -0.1) is 0 Å². The normalized spacial score (nSPS) is 10.3. The highest BCUT2D eigenvalue weighted by molar-refractivity contribution is 9.10. The van der Waals surface area contributed by atoms with Crippen molar-refractivity contribution in [1.82, 2.24) is 4.98 Å². The summed E-state index contributed by atoms with van der Waals surface area (Å²) in [4.78, 5) is 4.31. The van der Waals surface area contributed by atoms with E-state index in [1.54, 1.807) is 32.2 Å². The molecule has 21 heavy (non-hydrogen) atoms. The number of nitrogens with one attached hydrogen (secondary N) is 1. The fourth-order valence-corrected chi connectivity index (χ4v) is 2.45. The van der Waals surface area contributed by atoms with Crippen LogP contribution in [0.2, 0.25) is 0 Å². The number of aromatic nitrogens is 1. The number of rotatable bonds is 4. The van der Waals surface area contributed by atoms with Crippen molar-refractivity contribution in [2.24, 2.45) is 5.73 Å². The van der Waals surface area contributed by atoms with Crippen molar-refractivity contribution < 1.29 is 9.47 Å². The molecule has 1 aromatic carbocycles. The molecule has 6 heteroatoms. The highest BCUT2D eigenvalue weighted by Crippen LogP contribution is 2.34. The number of pyridine rings is 1. The van der Waals surface area contributed by atoms with Gasteiger partial charge in [0.2, 0.25) is 0 Å². The Morgan fingerprint density at radius 2 is 1.95 bits per heavy atom. The summed E-state index contributed by atoms with van der Waals surface area (Å²) in [7, 11) is 1.60. The second-order valence-corrected chi connectivity index (χ2v) is 5.39. The van der Waals surface area contributed by atoms with Gasteiger partial charge in [-0.1, -0.05) is 0 Å². The Balaban J connectivity index is 2.46. The van der Waals surface area contributed by atoms with E-state index < -0.39 is 0 Å². The molecule has 0 atom stereocenters. The van der Waals surface area contributed by atoms with Gasteiger partial charge in [0.05, 0.1) is 22.8 Å². The monoisotopic (exact) mass is 349 g/mol. The highest BCUT2D eigenvalue weighted by atomic mass is 79.9. The number of methoxy groups -OCH3 is 1. The maximum Gasteiger partial charge on any atom is 0.142 e. The Morgan fingerprint density at radius 1 is 1.24 bits per heavy atom. The van der Waals surface area contributed by atoms with Gasteiger partial charge in [-0.05, 0) is 48.0 Å². The average Bonchev–Trinajstić information content (AvgIpc) is 2.39. The first kappa shape index (κ1) is 15.3. The van der Waals surface area contributed by atoms with E-state index in [2.05, 4.69) is 20.9 Å². The Kier molecular flexibility index (Phi) is 4.47. The molecule has 3 N–H and O–H groups in total. The number of ether oxygens (including phenoxy) is 2. The van der Waals surface area contributed by atoms with E-state index >= 15 is 0 Å². The second kappa shape index (κ2) is 6.13. The third-order valence-corrected chi connectivity index (χ3v) is 3.54. The Labute approximate surface area is 131 Å². The first-order valence-electron chi connectivity index (χ1n) is 6.26. The number of aryl methyl sites for hydroxylation is 2. The lowest BCUT2D eigenvalue weighted by atomic mass is 10.1. The lowest BCUT2D eigenvalue weighted by Gasteiger charge is -2.14. The Bertz CT molecular complexity index is 702. The molecule has 1 aromatic heterocycles. The van der Waals surface area contributed by atoms with Gasteiger partial charge in [-0.3, -0.25) is 10.4 Å². The molecule has 0 spiro atoms. The van der Waals surface area contributed by atoms with Crippen LogP contribution in [0.25, 0.3) is 0 Å². The van der Waals surface area contributed by atoms with Crippen molar-refractivity contribution in [3.63, 3.8) is 0 Å². The second-order valence-electron chi connectivity index (χ2n) is 4.53. The van der Waals surface area contributed by atoms with E-state index in [9.17, 15) is 0 Å². The highest BCUT2D eigenvalue weighted by Gasteiger charge is 2.14. The zero-order valence-corrected chi connectivity index (χ0v) is 13.6. The molecule has 0 aliphatic rings. The van der Waals surface area contributed by atoms with Crippen LogP contribution in [-0.2, 0) is 0 Å². The molecule has 2 rings (SSSR count). The SMILES string of the molecule is COc1ccc(Oc2cc(C)nc(C)c2C(=N)N)c(Br)c1. The van der Waals surface area contributed by atoms with Crippen LogP contribution in [0.1, 0.15) is 17.0 Å². The van der Waals surface area contributed by atoms with Crippen LogP contribution in [-0.4, -0.2) is 17.9 Å². The summed E-state index contributed by atoms with van der Waals surface area (Å²) >= 11 is 3.44. The van der Waals surface area contributed by atoms with Gasteiger partial charge in [0.25, 0.3) is 0 Å². The fourth-order valence-electron chi connectivity index (χ4n) is 2.01. The predicted molar refractivity (Wildman–Crippen MR) is 85.5 cm³/mol. The molecule has 0 unspecified atom stereocenters. The summed E-state index contributed by atoms with van der Waals surface area (Å²) in [6, 6.07) is 7.16. The molecule has 0 saturated heterocycles. The van der Waals surface area contributed by atoms with Crippen LogP contribution in [0.4, 0.5) is 0 Å². The molecular formula is C15H16BrN3O2. The van der Waals surface area contributed by atoms with Crippen LogP contribution in [0, 0.1) is 19.3 Å². The van der Waals surface area contributed by atoms with E-state index in [4.69, 9.17) is 20.6 Å². The van der Waals surface area contributed by atoms with E-state index in [-0.39, 0.29) is 5.84 Å². The number of nitrogens with two attached hydrogens (primary N) is 1. The van der Waals surface area contributed by atoms with Crippen LogP contribution in [0.3, 0.4) is 0 Å². The summed E-state index contributed by atoms with van der Waals surface area (Å²) in [6.45, 7) is 3.67. The van der Waals surface area contributed by atoms with E-state index in [0.29, 0.717) is 22.8 Å². The molecule has 0 aliphatic heterocycles. The maximum atomic E-state index is 7.70. The number of nitrogens with zero attached hydrogens (tertiary/aromatic N) is 1. The molecule has 0 radical (unpaired) electrons. The average molecular weight is 350 g/mol. The molecule has 0 amide bonds. The van der Waals surface area contributed by atoms with E-state index in [0.717, 1.165) is 15.9 Å². The summed E-state index contributed by atoms with van der Waals surface area (Å²) in [5.74, 6) is 1.78. The zero-order chi connectivity index (χ0) is 15.6. The number of amidine groups is 1. The standard InChI is InChI=1S/C15H16BrN3O2/c1-8-6-13(14(15(17)18)9(2)19-8)21-12-5-4-10(20-3)7-11(12)16/h4-7H,1-3H3,(H3,17,18). The summed E-state index contributed by atoms with van der Waals surface area (Å²) in [5, 5.41) is 7.70. The maximum absolute atomic E-state index is 7.70. The van der Waals surface area contributed by atoms with E-state index in [1.807, 2.05) is 13.0 Å². The molecule has 0 fully saturated rings. The predicted octanol–water partition coefficient (Wildman–Crippen LogP) is 3.55. The van der Waals surface area contributed by atoms with Gasteiger partial charge in [-0.25, -0.2) is 0 Å². The smallest absolute Gasteiger partial charge is 0.142 e. The van der Waals surface area contributed by atoms with Crippen LogP contribution >= 0.6 is 15.9 Å². The number of benzene rings is 1. The largest absolute Gasteiger partial charge is 0.497 e. The molecule has 0 bridgehead atoms. The lowest BCUT2D eigenvalue weighted by molar-refractivity contribution is 0.412. The van der Waals surface area contributed by atoms with Gasteiger partial charge in [0.1, 0.15) is 23.1 Å². The first-order chi connectivity index (χ1) is 9.92. The molecule has 5 nitrogen and oxygen atoms in total. The number of nitrogen functional groups attached to an aromatic ring is 1. The number of hydrogen-bond donors (Lipinski definition) is 2. The summed E-state index contributed by atoms with van der Waals surface area (Å²) in [5.41, 5.74) is 7.61. The minimum atomic E-state index is -0.0698. The summed E-state index contributed by atoms with van der Waals surface area (Å²) < 4.78 is 11.8. The molecule has 110 valence electrons. The van der Waals surface area contributed by atoms with Crippen molar-refractivity contribution in [3.8, 4) is 17.2 Å². The Hall–Kier alpha value is -2.08. The summed E-state index contributed by atoms with van der Waals surface area (Å²) in [6.07, 6.45) is 0. The molecular weight excluding hydrogens is 334 g/mol. The third-order valence-electron chi connectivity index (χ3n) is 2.92. The van der Waals surface area contributed by atoms with Gasteiger partial charge in [0.15, 0.2) is 0 Å². The quantitative estimate of drug-likeness (QED) is 0.653. The molecule has 1 heterocycles. The van der Waals surface area contributed by atoms with Gasteiger partial charge in [-0.2, -0.15) is 0 Å². The van der Waals surface area contributed by atoms with Crippen molar-refractivity contribution in [2.75, 3.05) is 7.11 Å². The van der Waals surface area contributed by atoms with Crippen LogP contribution < -0.4 is 15.2 Å². The fraction of sp³-hybridized carbons (Fsp3) is 0.200. The van der Waals surface area contributed by atoms with E-state index in [1.165, 1.54) is 0 Å². The molecule has 2 aromatic rings. The first-order valence-corrected chi connectivity index (χ1v) is 7.05. The van der Waals surface area contributed by atoms with Crippen molar-refractivity contribution >= 4 is 21.8 Å². The van der Waals surface area contributed by atoms with Gasteiger partial charge >= 0.3 is 0 Å². The molecule has 0 saturated carbocycles. The topological polar surface area (TPSA) is 81.2 Å². The minimum Gasteiger partial charge on any atom is -0.497 e. The van der Waals surface area contributed by atoms with Gasteiger partial charge in [0, 0.05) is 11.8 Å². The van der Waals surface area contributed by atoms with Crippen LogP contribution in [0.15, 0.2) is 28.7 Å². The zero-order valence-electron chi connectivity index (χ0n) is 12.0. The minimum absolute atomic E-state index is 0.0698.